The fraction of sp³-hybridized carbons (Fsp3) is 0.333. The first-order chi connectivity index (χ1) is 5.15. The van der Waals surface area contributed by atoms with Gasteiger partial charge < -0.3 is 5.73 Å². The minimum absolute atomic E-state index is 0.402. The Morgan fingerprint density at radius 2 is 2.36 bits per heavy atom. The molecule has 0 spiro atoms. The SMILES string of the molecule is CSc1nc(C(N)=O)c(C)s1. The third-order valence-electron chi connectivity index (χ3n) is 1.18. The van der Waals surface area contributed by atoms with Crippen LogP contribution in [-0.2, 0) is 0 Å². The van der Waals surface area contributed by atoms with Gasteiger partial charge in [-0.2, -0.15) is 0 Å². The van der Waals surface area contributed by atoms with Crippen LogP contribution in [0.3, 0.4) is 0 Å². The van der Waals surface area contributed by atoms with Crippen molar-refractivity contribution in [3.63, 3.8) is 0 Å². The van der Waals surface area contributed by atoms with Crippen molar-refractivity contribution in [1.29, 1.82) is 0 Å². The molecule has 0 radical (unpaired) electrons. The number of nitrogens with two attached hydrogens (primary N) is 1. The largest absolute Gasteiger partial charge is 0.364 e. The topological polar surface area (TPSA) is 56.0 Å². The molecule has 1 aromatic heterocycles. The summed E-state index contributed by atoms with van der Waals surface area (Å²) in [6.45, 7) is 1.84. The smallest absolute Gasteiger partial charge is 0.268 e. The van der Waals surface area contributed by atoms with Crippen molar-refractivity contribution in [2.45, 2.75) is 11.3 Å². The summed E-state index contributed by atoms with van der Waals surface area (Å²) in [5, 5.41) is 0. The molecule has 0 aliphatic carbocycles. The number of thioether (sulfide) groups is 1. The van der Waals surface area contributed by atoms with E-state index in [0.717, 1.165) is 9.22 Å². The van der Waals surface area contributed by atoms with Crippen molar-refractivity contribution in [2.24, 2.45) is 5.73 Å². The number of rotatable bonds is 2. The molecule has 3 nitrogen and oxygen atoms in total. The quantitative estimate of drug-likeness (QED) is 0.711. The highest BCUT2D eigenvalue weighted by Crippen LogP contribution is 2.24. The third-order valence-corrected chi connectivity index (χ3v) is 3.14. The minimum atomic E-state index is -0.445. The van der Waals surface area contributed by atoms with E-state index >= 15 is 0 Å². The Morgan fingerprint density at radius 3 is 2.64 bits per heavy atom. The number of thiazole rings is 1. The summed E-state index contributed by atoms with van der Waals surface area (Å²) in [5.74, 6) is -0.445. The lowest BCUT2D eigenvalue weighted by Crippen LogP contribution is -2.12. The number of hydrogen-bond donors (Lipinski definition) is 1. The standard InChI is InChI=1S/C6H8N2OS2/c1-3-4(5(7)9)8-6(10-2)11-3/h1-2H3,(H2,7,9). The second-order valence-electron chi connectivity index (χ2n) is 1.95. The highest BCUT2D eigenvalue weighted by molar-refractivity contribution is 8.00. The molecule has 0 unspecified atom stereocenters. The van der Waals surface area contributed by atoms with Crippen LogP contribution >= 0.6 is 23.1 Å². The van der Waals surface area contributed by atoms with Gasteiger partial charge in [0.2, 0.25) is 0 Å². The number of nitrogens with zero attached hydrogens (tertiary/aromatic N) is 1. The fourth-order valence-electron chi connectivity index (χ4n) is 0.688. The first kappa shape index (κ1) is 8.55. The van der Waals surface area contributed by atoms with Crippen molar-refractivity contribution in [2.75, 3.05) is 6.26 Å². The van der Waals surface area contributed by atoms with E-state index in [9.17, 15) is 4.79 Å². The molecule has 11 heavy (non-hydrogen) atoms. The molecule has 0 fully saturated rings. The lowest BCUT2D eigenvalue weighted by atomic mass is 10.4. The van der Waals surface area contributed by atoms with E-state index in [2.05, 4.69) is 4.98 Å². The molecule has 2 N–H and O–H groups in total. The normalized spacial score (nSPS) is 10.0. The number of hydrogen-bond acceptors (Lipinski definition) is 4. The number of amides is 1. The maximum atomic E-state index is 10.7. The van der Waals surface area contributed by atoms with Crippen LogP contribution in [0.5, 0.6) is 0 Å². The van der Waals surface area contributed by atoms with E-state index in [-0.39, 0.29) is 0 Å². The van der Waals surface area contributed by atoms with E-state index in [0.29, 0.717) is 5.69 Å². The van der Waals surface area contributed by atoms with Gasteiger partial charge in [-0.25, -0.2) is 4.98 Å². The van der Waals surface area contributed by atoms with Crippen LogP contribution in [0.2, 0.25) is 0 Å². The van der Waals surface area contributed by atoms with E-state index in [4.69, 9.17) is 5.73 Å². The maximum absolute atomic E-state index is 10.7. The number of primary amides is 1. The number of aryl methyl sites for hydroxylation is 1. The lowest BCUT2D eigenvalue weighted by molar-refractivity contribution is 0.0995. The molecule has 0 aliphatic rings. The fourth-order valence-corrected chi connectivity index (χ4v) is 2.22. The second-order valence-corrected chi connectivity index (χ2v) is 4.21. The Hall–Kier alpha value is -0.550. The molecule has 0 saturated carbocycles. The zero-order valence-corrected chi connectivity index (χ0v) is 7.88. The van der Waals surface area contributed by atoms with Crippen molar-refractivity contribution in [3.05, 3.63) is 10.6 Å². The van der Waals surface area contributed by atoms with Crippen molar-refractivity contribution in [3.8, 4) is 0 Å². The monoisotopic (exact) mass is 188 g/mol. The van der Waals surface area contributed by atoms with Crippen LogP contribution in [-0.4, -0.2) is 17.1 Å². The van der Waals surface area contributed by atoms with E-state index in [1.807, 2.05) is 13.2 Å². The van der Waals surface area contributed by atoms with Crippen LogP contribution in [0.4, 0.5) is 0 Å². The van der Waals surface area contributed by atoms with Gasteiger partial charge in [0.25, 0.3) is 5.91 Å². The summed E-state index contributed by atoms with van der Waals surface area (Å²) in [4.78, 5) is 15.6. The molecule has 0 aliphatic heterocycles. The van der Waals surface area contributed by atoms with Crippen LogP contribution in [0, 0.1) is 6.92 Å². The Balaban J connectivity index is 3.07. The highest BCUT2D eigenvalue weighted by Gasteiger charge is 2.10. The summed E-state index contributed by atoms with van der Waals surface area (Å²) < 4.78 is 0.885. The number of aromatic nitrogens is 1. The minimum Gasteiger partial charge on any atom is -0.364 e. The Bertz CT molecular complexity index is 282. The molecule has 60 valence electrons. The third kappa shape index (κ3) is 1.72. The van der Waals surface area contributed by atoms with Gasteiger partial charge in [0, 0.05) is 4.88 Å². The molecule has 1 aromatic rings. The van der Waals surface area contributed by atoms with Crippen LogP contribution < -0.4 is 5.73 Å². The summed E-state index contributed by atoms with van der Waals surface area (Å²) in [7, 11) is 0. The van der Waals surface area contributed by atoms with Gasteiger partial charge in [-0.1, -0.05) is 11.8 Å². The van der Waals surface area contributed by atoms with Crippen molar-refractivity contribution >= 4 is 29.0 Å². The first-order valence-corrected chi connectivity index (χ1v) is 5.00. The summed E-state index contributed by atoms with van der Waals surface area (Å²) >= 11 is 3.01. The maximum Gasteiger partial charge on any atom is 0.268 e. The van der Waals surface area contributed by atoms with Gasteiger partial charge >= 0.3 is 0 Å². The van der Waals surface area contributed by atoms with Gasteiger partial charge in [-0.05, 0) is 13.2 Å². The Morgan fingerprint density at radius 1 is 1.73 bits per heavy atom. The van der Waals surface area contributed by atoms with Crippen LogP contribution in [0.25, 0.3) is 0 Å². The number of carbonyl (C=O) groups excluding carboxylic acids is 1. The van der Waals surface area contributed by atoms with Crippen molar-refractivity contribution in [1.82, 2.24) is 4.98 Å². The molecule has 1 amide bonds. The number of carbonyl (C=O) groups is 1. The zero-order valence-electron chi connectivity index (χ0n) is 6.25. The molecule has 1 rings (SSSR count). The molecule has 5 heteroatoms. The Kier molecular flexibility index (Phi) is 2.51. The molecule has 0 saturated heterocycles. The molecular formula is C6H8N2OS2. The molecule has 0 atom stereocenters. The molecule has 0 bridgehead atoms. The highest BCUT2D eigenvalue weighted by atomic mass is 32.2. The Labute approximate surface area is 73.0 Å². The predicted octanol–water partition coefficient (Wildman–Crippen LogP) is 1.27. The van der Waals surface area contributed by atoms with Crippen LogP contribution in [0.1, 0.15) is 15.4 Å². The summed E-state index contributed by atoms with van der Waals surface area (Å²) in [6, 6.07) is 0. The molecule has 0 aromatic carbocycles. The van der Waals surface area contributed by atoms with Gasteiger partial charge in [0.1, 0.15) is 5.69 Å². The second kappa shape index (κ2) is 3.23. The van der Waals surface area contributed by atoms with E-state index in [1.54, 1.807) is 0 Å². The average Bonchev–Trinajstić information content (AvgIpc) is 2.30. The zero-order chi connectivity index (χ0) is 8.43. The van der Waals surface area contributed by atoms with Crippen LogP contribution in [0.15, 0.2) is 4.34 Å². The predicted molar refractivity (Wildman–Crippen MR) is 47.1 cm³/mol. The van der Waals surface area contributed by atoms with E-state index < -0.39 is 5.91 Å². The van der Waals surface area contributed by atoms with Gasteiger partial charge in [0.05, 0.1) is 0 Å². The van der Waals surface area contributed by atoms with Crippen molar-refractivity contribution < 1.29 is 4.79 Å². The summed E-state index contributed by atoms with van der Waals surface area (Å²) in [5.41, 5.74) is 5.48. The average molecular weight is 188 g/mol. The molecular weight excluding hydrogens is 180 g/mol. The molecule has 1 heterocycles. The summed E-state index contributed by atoms with van der Waals surface area (Å²) in [6.07, 6.45) is 1.92. The van der Waals surface area contributed by atoms with Gasteiger partial charge in [-0.15, -0.1) is 11.3 Å². The van der Waals surface area contributed by atoms with Gasteiger partial charge in [-0.3, -0.25) is 4.79 Å². The van der Waals surface area contributed by atoms with Gasteiger partial charge in [0.15, 0.2) is 4.34 Å². The first-order valence-electron chi connectivity index (χ1n) is 2.96. The van der Waals surface area contributed by atoms with E-state index in [1.165, 1.54) is 23.1 Å². The lowest BCUT2D eigenvalue weighted by Gasteiger charge is -1.86.